The number of fused-ring (bicyclic) bond motifs is 1. The van der Waals surface area contributed by atoms with Crippen LogP contribution in [0.1, 0.15) is 5.56 Å². The van der Waals surface area contributed by atoms with Crippen molar-refractivity contribution < 1.29 is 0 Å². The van der Waals surface area contributed by atoms with Crippen LogP contribution < -0.4 is 5.32 Å². The predicted molar refractivity (Wildman–Crippen MR) is 112 cm³/mol. The van der Waals surface area contributed by atoms with Crippen LogP contribution in [0.4, 0.5) is 5.82 Å². The highest BCUT2D eigenvalue weighted by molar-refractivity contribution is 5.95. The Hall–Kier alpha value is -2.50. The van der Waals surface area contributed by atoms with Gasteiger partial charge in [-0.1, -0.05) is 42.5 Å². The molecule has 2 aromatic carbocycles. The Morgan fingerprint density at radius 1 is 0.963 bits per heavy atom. The number of anilines is 1. The molecule has 1 aliphatic rings. The molecule has 0 saturated carbocycles. The van der Waals surface area contributed by atoms with Gasteiger partial charge in [0.25, 0.3) is 0 Å². The van der Waals surface area contributed by atoms with E-state index in [1.54, 1.807) is 0 Å². The van der Waals surface area contributed by atoms with E-state index in [1.807, 2.05) is 0 Å². The quantitative estimate of drug-likeness (QED) is 0.756. The lowest BCUT2D eigenvalue weighted by atomic mass is 10.0. The van der Waals surface area contributed by atoms with Crippen molar-refractivity contribution in [3.8, 4) is 11.3 Å². The van der Waals surface area contributed by atoms with Gasteiger partial charge < -0.3 is 10.2 Å². The zero-order chi connectivity index (χ0) is 18.6. The topological polar surface area (TPSA) is 44.3 Å². The number of hydrogen-bond acceptors (Lipinski definition) is 5. The largest absolute Gasteiger partial charge is 0.367 e. The van der Waals surface area contributed by atoms with Gasteiger partial charge in [-0.15, -0.1) is 10.2 Å². The maximum absolute atomic E-state index is 4.50. The third kappa shape index (κ3) is 4.10. The maximum atomic E-state index is 4.50. The molecule has 0 amide bonds. The van der Waals surface area contributed by atoms with Crippen LogP contribution in [0.3, 0.4) is 0 Å². The molecule has 0 atom stereocenters. The van der Waals surface area contributed by atoms with E-state index in [0.29, 0.717) is 0 Å². The van der Waals surface area contributed by atoms with E-state index in [0.717, 1.165) is 61.9 Å². The van der Waals surface area contributed by atoms with Crippen LogP contribution in [-0.4, -0.2) is 66.3 Å². The first-order valence-corrected chi connectivity index (χ1v) is 9.68. The van der Waals surface area contributed by atoms with Crippen molar-refractivity contribution in [3.63, 3.8) is 0 Å². The zero-order valence-corrected chi connectivity index (χ0v) is 16.2. The summed E-state index contributed by atoms with van der Waals surface area (Å²) in [6.45, 7) is 8.62. The highest BCUT2D eigenvalue weighted by Gasteiger charge is 2.13. The summed E-state index contributed by atoms with van der Waals surface area (Å²) in [5.41, 5.74) is 3.19. The lowest BCUT2D eigenvalue weighted by Crippen LogP contribution is -2.45. The van der Waals surface area contributed by atoms with E-state index < -0.39 is 0 Å². The molecule has 2 heterocycles. The summed E-state index contributed by atoms with van der Waals surface area (Å²) in [5, 5.41) is 14.9. The molecule has 1 aliphatic heterocycles. The number of nitrogens with zero attached hydrogens (tertiary/aromatic N) is 4. The number of nitrogens with one attached hydrogen (secondary N) is 1. The Morgan fingerprint density at radius 2 is 1.74 bits per heavy atom. The number of likely N-dealkylation sites (N-methyl/N-ethyl adjacent to an activating group) is 1. The first kappa shape index (κ1) is 17.9. The van der Waals surface area contributed by atoms with Crippen molar-refractivity contribution in [1.82, 2.24) is 20.0 Å². The molecule has 27 heavy (non-hydrogen) atoms. The van der Waals surface area contributed by atoms with Gasteiger partial charge in [0.15, 0.2) is 5.82 Å². The maximum Gasteiger partial charge on any atom is 0.151 e. The molecule has 5 nitrogen and oxygen atoms in total. The fourth-order valence-corrected chi connectivity index (χ4v) is 3.64. The Kier molecular flexibility index (Phi) is 5.32. The summed E-state index contributed by atoms with van der Waals surface area (Å²) >= 11 is 0. The number of aryl methyl sites for hydroxylation is 1. The van der Waals surface area contributed by atoms with Crippen molar-refractivity contribution in [1.29, 1.82) is 0 Å². The molecule has 1 N–H and O–H groups in total. The number of piperazine rings is 1. The summed E-state index contributed by atoms with van der Waals surface area (Å²) in [4.78, 5) is 4.88. The van der Waals surface area contributed by atoms with E-state index in [2.05, 4.69) is 87.8 Å². The number of rotatable bonds is 5. The van der Waals surface area contributed by atoms with Crippen LogP contribution in [0, 0.1) is 6.92 Å². The molecule has 140 valence electrons. The van der Waals surface area contributed by atoms with Crippen molar-refractivity contribution in [3.05, 3.63) is 54.1 Å². The van der Waals surface area contributed by atoms with Crippen LogP contribution in [0.5, 0.6) is 0 Å². The highest BCUT2D eigenvalue weighted by atomic mass is 15.3. The van der Waals surface area contributed by atoms with Crippen molar-refractivity contribution in [2.45, 2.75) is 6.92 Å². The molecule has 0 radical (unpaired) electrons. The molecule has 4 rings (SSSR count). The number of aromatic nitrogens is 2. The fourth-order valence-electron chi connectivity index (χ4n) is 3.64. The molecule has 0 unspecified atom stereocenters. The number of benzene rings is 2. The molecule has 1 saturated heterocycles. The van der Waals surface area contributed by atoms with Crippen molar-refractivity contribution >= 4 is 16.6 Å². The van der Waals surface area contributed by atoms with Gasteiger partial charge in [-0.3, -0.25) is 4.90 Å². The van der Waals surface area contributed by atoms with E-state index in [1.165, 1.54) is 10.8 Å². The Balaban J connectivity index is 1.45. The summed E-state index contributed by atoms with van der Waals surface area (Å²) < 4.78 is 0. The van der Waals surface area contributed by atoms with Gasteiger partial charge in [0.05, 0.1) is 5.69 Å². The normalized spacial score (nSPS) is 15.9. The van der Waals surface area contributed by atoms with Gasteiger partial charge in [-0.2, -0.15) is 0 Å². The minimum absolute atomic E-state index is 0.883. The lowest BCUT2D eigenvalue weighted by molar-refractivity contribution is 0.158. The average Bonchev–Trinajstić information content (AvgIpc) is 2.70. The van der Waals surface area contributed by atoms with Gasteiger partial charge in [0, 0.05) is 44.8 Å². The minimum atomic E-state index is 0.883. The second-order valence-corrected chi connectivity index (χ2v) is 7.36. The molecule has 5 heteroatoms. The van der Waals surface area contributed by atoms with E-state index in [4.69, 9.17) is 0 Å². The number of hydrogen-bond donors (Lipinski definition) is 1. The summed E-state index contributed by atoms with van der Waals surface area (Å²) in [5.74, 6) is 0.883. The summed E-state index contributed by atoms with van der Waals surface area (Å²) in [6, 6.07) is 16.9. The molecule has 0 spiro atoms. The van der Waals surface area contributed by atoms with Crippen LogP contribution in [0.15, 0.2) is 48.5 Å². The van der Waals surface area contributed by atoms with E-state index >= 15 is 0 Å². The highest BCUT2D eigenvalue weighted by Crippen LogP contribution is 2.28. The van der Waals surface area contributed by atoms with Gasteiger partial charge in [-0.05, 0) is 36.4 Å². The predicted octanol–water partition coefficient (Wildman–Crippen LogP) is 3.26. The van der Waals surface area contributed by atoms with E-state index in [-0.39, 0.29) is 0 Å². The van der Waals surface area contributed by atoms with Crippen molar-refractivity contribution in [2.24, 2.45) is 0 Å². The third-order valence-corrected chi connectivity index (χ3v) is 5.37. The standard InChI is InChI=1S/C22H27N5/c1-17-16-21(20-9-5-7-18-6-3-4-8-19(18)20)24-25-22(17)23-10-11-27-14-12-26(2)13-15-27/h3-9,16H,10-15H2,1-2H3,(H,23,25). The minimum Gasteiger partial charge on any atom is -0.367 e. The Morgan fingerprint density at radius 3 is 2.56 bits per heavy atom. The van der Waals surface area contributed by atoms with Gasteiger partial charge in [0.1, 0.15) is 0 Å². The molecule has 0 aliphatic carbocycles. The smallest absolute Gasteiger partial charge is 0.151 e. The van der Waals surface area contributed by atoms with Crippen LogP contribution >= 0.6 is 0 Å². The SMILES string of the molecule is Cc1cc(-c2cccc3ccccc23)nnc1NCCN1CCN(C)CC1. The van der Waals surface area contributed by atoms with E-state index in [9.17, 15) is 0 Å². The van der Waals surface area contributed by atoms with Gasteiger partial charge in [-0.25, -0.2) is 0 Å². The Bertz CT molecular complexity index is 910. The van der Waals surface area contributed by atoms with Crippen LogP contribution in [0.2, 0.25) is 0 Å². The fraction of sp³-hybridized carbons (Fsp3) is 0.364. The molecule has 1 aromatic heterocycles. The summed E-state index contributed by atoms with van der Waals surface area (Å²) in [6.07, 6.45) is 0. The van der Waals surface area contributed by atoms with Gasteiger partial charge in [0.2, 0.25) is 0 Å². The monoisotopic (exact) mass is 361 g/mol. The second kappa shape index (κ2) is 8.03. The second-order valence-electron chi connectivity index (χ2n) is 7.36. The lowest BCUT2D eigenvalue weighted by Gasteiger charge is -2.32. The van der Waals surface area contributed by atoms with Gasteiger partial charge >= 0.3 is 0 Å². The summed E-state index contributed by atoms with van der Waals surface area (Å²) in [7, 11) is 2.19. The zero-order valence-electron chi connectivity index (χ0n) is 16.2. The first-order chi connectivity index (χ1) is 13.2. The molecule has 3 aromatic rings. The Labute approximate surface area is 161 Å². The average molecular weight is 361 g/mol. The molecule has 1 fully saturated rings. The van der Waals surface area contributed by atoms with Crippen molar-refractivity contribution in [2.75, 3.05) is 51.6 Å². The van der Waals surface area contributed by atoms with Crippen LogP contribution in [-0.2, 0) is 0 Å². The van der Waals surface area contributed by atoms with Crippen LogP contribution in [0.25, 0.3) is 22.0 Å². The molecular weight excluding hydrogens is 334 g/mol. The molecular formula is C22H27N5. The third-order valence-electron chi connectivity index (χ3n) is 5.37. The first-order valence-electron chi connectivity index (χ1n) is 9.68. The molecule has 0 bridgehead atoms.